The minimum absolute atomic E-state index is 0.620. The zero-order valence-electron chi connectivity index (χ0n) is 10.8. The summed E-state index contributed by atoms with van der Waals surface area (Å²) < 4.78 is 0. The maximum absolute atomic E-state index is 5.37. The summed E-state index contributed by atoms with van der Waals surface area (Å²) in [6, 6.07) is 0. The van der Waals surface area contributed by atoms with E-state index < -0.39 is 0 Å². The molecule has 0 amide bonds. The van der Waals surface area contributed by atoms with Crippen molar-refractivity contribution in [3.63, 3.8) is 0 Å². The van der Waals surface area contributed by atoms with E-state index in [4.69, 9.17) is 5.73 Å². The van der Waals surface area contributed by atoms with Crippen LogP contribution in [0.15, 0.2) is 0 Å². The number of rotatable bonds is 6. The Morgan fingerprint density at radius 1 is 1.14 bits per heavy atom. The molecular weight excluding hydrogens is 172 g/mol. The fraction of sp³-hybridized carbons (Fsp3) is 1.00. The van der Waals surface area contributed by atoms with Crippen molar-refractivity contribution >= 4 is 0 Å². The summed E-state index contributed by atoms with van der Waals surface area (Å²) in [4.78, 5) is 0. The highest BCUT2D eigenvalue weighted by atomic mass is 14.8. The largest absolute Gasteiger partial charge is 0.330 e. The molecule has 88 valence electrons. The second-order valence-corrected chi connectivity index (χ2v) is 4.33. The average Bonchev–Trinajstić information content (AvgIpc) is 2.15. The van der Waals surface area contributed by atoms with Crippen molar-refractivity contribution < 1.29 is 0 Å². The van der Waals surface area contributed by atoms with E-state index in [2.05, 4.69) is 39.9 Å². The number of nitrogens with two attached hydrogens (primary N) is 1. The van der Waals surface area contributed by atoms with Crippen LogP contribution < -0.4 is 11.1 Å². The molecule has 0 saturated carbocycles. The molecule has 0 aliphatic heterocycles. The Balaban J connectivity index is 0. The van der Waals surface area contributed by atoms with E-state index in [1.54, 1.807) is 0 Å². The molecule has 0 aliphatic carbocycles. The molecule has 0 bridgehead atoms. The Hall–Kier alpha value is -0.0800. The van der Waals surface area contributed by atoms with Gasteiger partial charge in [-0.3, -0.25) is 0 Å². The second kappa shape index (κ2) is 12.9. The zero-order valence-corrected chi connectivity index (χ0v) is 10.8. The van der Waals surface area contributed by atoms with Gasteiger partial charge in [-0.05, 0) is 31.5 Å². The van der Waals surface area contributed by atoms with Gasteiger partial charge in [0, 0.05) is 0 Å². The van der Waals surface area contributed by atoms with Gasteiger partial charge in [0.1, 0.15) is 0 Å². The van der Waals surface area contributed by atoms with E-state index in [1.165, 1.54) is 12.8 Å². The lowest BCUT2D eigenvalue weighted by Gasteiger charge is -2.06. The lowest BCUT2D eigenvalue weighted by molar-refractivity contribution is 0.533. The first-order valence-corrected chi connectivity index (χ1v) is 5.99. The van der Waals surface area contributed by atoms with Gasteiger partial charge in [0.05, 0.1) is 0 Å². The number of nitrogens with one attached hydrogen (secondary N) is 1. The summed E-state index contributed by atoms with van der Waals surface area (Å²) in [6.45, 7) is 13.9. The molecule has 0 fully saturated rings. The van der Waals surface area contributed by atoms with E-state index >= 15 is 0 Å². The highest BCUT2D eigenvalue weighted by molar-refractivity contribution is 4.54. The van der Waals surface area contributed by atoms with Gasteiger partial charge >= 0.3 is 0 Å². The van der Waals surface area contributed by atoms with Gasteiger partial charge in [0.2, 0.25) is 0 Å². The third-order valence-electron chi connectivity index (χ3n) is 2.01. The van der Waals surface area contributed by atoms with Crippen molar-refractivity contribution in [3.8, 4) is 0 Å². The predicted molar refractivity (Wildman–Crippen MR) is 66.5 cm³/mol. The first-order chi connectivity index (χ1) is 6.58. The minimum atomic E-state index is 0.620. The Kier molecular flexibility index (Phi) is 15.1. The molecular formula is C12H30N2. The van der Waals surface area contributed by atoms with Crippen LogP contribution in [0.4, 0.5) is 0 Å². The van der Waals surface area contributed by atoms with Gasteiger partial charge in [-0.2, -0.15) is 0 Å². The highest BCUT2D eigenvalue weighted by Gasteiger charge is 1.93. The summed E-state index contributed by atoms with van der Waals surface area (Å²) in [5, 5.41) is 3.22. The highest BCUT2D eigenvalue weighted by Crippen LogP contribution is 2.00. The molecule has 0 aromatic heterocycles. The fourth-order valence-electron chi connectivity index (χ4n) is 1.05. The molecule has 1 atom stereocenters. The normalized spacial score (nSPS) is 12.2. The van der Waals surface area contributed by atoms with Crippen LogP contribution in [0.2, 0.25) is 0 Å². The third-order valence-corrected chi connectivity index (χ3v) is 2.01. The molecule has 1 unspecified atom stereocenters. The Morgan fingerprint density at radius 3 is 1.93 bits per heavy atom. The summed E-state index contributed by atoms with van der Waals surface area (Å²) in [7, 11) is 0. The predicted octanol–water partition coefficient (Wildman–Crippen LogP) is 2.63. The van der Waals surface area contributed by atoms with Crippen LogP contribution in [0.3, 0.4) is 0 Å². The molecule has 0 radical (unpaired) electrons. The van der Waals surface area contributed by atoms with Gasteiger partial charge in [0.25, 0.3) is 0 Å². The van der Waals surface area contributed by atoms with Crippen molar-refractivity contribution in [2.75, 3.05) is 19.6 Å². The number of hydrogen-bond acceptors (Lipinski definition) is 2. The number of hydrogen-bond donors (Lipinski definition) is 2. The van der Waals surface area contributed by atoms with Gasteiger partial charge in [0.15, 0.2) is 0 Å². The van der Waals surface area contributed by atoms with Crippen LogP contribution in [0.25, 0.3) is 0 Å². The van der Waals surface area contributed by atoms with Crippen molar-refractivity contribution in [3.05, 3.63) is 0 Å². The quantitative estimate of drug-likeness (QED) is 0.695. The van der Waals surface area contributed by atoms with Crippen LogP contribution in [-0.2, 0) is 0 Å². The maximum Gasteiger partial charge on any atom is -0.00112 e. The third kappa shape index (κ3) is 17.9. The van der Waals surface area contributed by atoms with Gasteiger partial charge in [-0.25, -0.2) is 0 Å². The molecule has 2 heteroatoms. The van der Waals surface area contributed by atoms with Gasteiger partial charge in [-0.15, -0.1) is 0 Å². The van der Waals surface area contributed by atoms with E-state index in [1.807, 2.05) is 0 Å². The minimum Gasteiger partial charge on any atom is -0.330 e. The van der Waals surface area contributed by atoms with Crippen molar-refractivity contribution in [2.45, 2.75) is 47.5 Å². The van der Waals surface area contributed by atoms with E-state index in [9.17, 15) is 0 Å². The van der Waals surface area contributed by atoms with E-state index in [0.29, 0.717) is 5.92 Å². The molecule has 0 aromatic rings. The molecule has 0 saturated heterocycles. The summed E-state index contributed by atoms with van der Waals surface area (Å²) in [5.41, 5.74) is 5.37. The van der Waals surface area contributed by atoms with Crippen LogP contribution in [0, 0.1) is 11.8 Å². The smallest absolute Gasteiger partial charge is 0.00112 e. The maximum atomic E-state index is 5.37. The van der Waals surface area contributed by atoms with Crippen LogP contribution in [0.1, 0.15) is 47.5 Å². The zero-order chi connectivity index (χ0) is 11.4. The SMILES string of the molecule is CCCC(C)C.CCNCC(C)CN. The molecule has 2 nitrogen and oxygen atoms in total. The summed E-state index contributed by atoms with van der Waals surface area (Å²) in [6.07, 6.45) is 2.71. The van der Waals surface area contributed by atoms with Crippen molar-refractivity contribution in [1.29, 1.82) is 0 Å². The van der Waals surface area contributed by atoms with E-state index in [0.717, 1.165) is 25.6 Å². The monoisotopic (exact) mass is 202 g/mol. The standard InChI is InChI=1S/C6H16N2.C6H14/c1-3-8-5-6(2)4-7;1-4-5-6(2)3/h6,8H,3-5,7H2,1-2H3;6H,4-5H2,1-3H3. The Labute approximate surface area is 90.6 Å². The molecule has 0 rings (SSSR count). The van der Waals surface area contributed by atoms with Crippen LogP contribution in [0.5, 0.6) is 0 Å². The molecule has 0 heterocycles. The lowest BCUT2D eigenvalue weighted by atomic mass is 10.1. The second-order valence-electron chi connectivity index (χ2n) is 4.33. The summed E-state index contributed by atoms with van der Waals surface area (Å²) in [5.74, 6) is 1.52. The first kappa shape index (κ1) is 16.4. The molecule has 0 spiro atoms. The average molecular weight is 202 g/mol. The molecule has 0 aliphatic rings. The van der Waals surface area contributed by atoms with Crippen molar-refractivity contribution in [1.82, 2.24) is 5.32 Å². The Morgan fingerprint density at radius 2 is 1.71 bits per heavy atom. The molecule has 3 N–H and O–H groups in total. The van der Waals surface area contributed by atoms with Gasteiger partial charge < -0.3 is 11.1 Å². The first-order valence-electron chi connectivity index (χ1n) is 5.99. The van der Waals surface area contributed by atoms with Crippen molar-refractivity contribution in [2.24, 2.45) is 17.6 Å². The Bertz CT molecular complexity index is 92.3. The van der Waals surface area contributed by atoms with Crippen LogP contribution in [-0.4, -0.2) is 19.6 Å². The van der Waals surface area contributed by atoms with Gasteiger partial charge in [-0.1, -0.05) is 47.5 Å². The lowest BCUT2D eigenvalue weighted by Crippen LogP contribution is -2.25. The molecule has 0 aromatic carbocycles. The molecule has 14 heavy (non-hydrogen) atoms. The van der Waals surface area contributed by atoms with E-state index in [-0.39, 0.29) is 0 Å². The van der Waals surface area contributed by atoms with Crippen LogP contribution >= 0.6 is 0 Å². The topological polar surface area (TPSA) is 38.0 Å². The summed E-state index contributed by atoms with van der Waals surface area (Å²) >= 11 is 0. The fourth-order valence-corrected chi connectivity index (χ4v) is 1.05.